The molecule has 0 aliphatic rings. The van der Waals surface area contributed by atoms with Gasteiger partial charge < -0.3 is 5.32 Å². The Morgan fingerprint density at radius 1 is 1.05 bits per heavy atom. The number of aryl methyl sites for hydroxylation is 1. The van der Waals surface area contributed by atoms with Gasteiger partial charge in [0, 0.05) is 5.56 Å². The van der Waals surface area contributed by atoms with Crippen LogP contribution in [0.1, 0.15) is 24.1 Å². The molecule has 2 rings (SSSR count). The smallest absolute Gasteiger partial charge is 0.128 e. The Bertz CT molecular complexity index is 624. The van der Waals surface area contributed by atoms with Crippen LogP contribution in [0.4, 0.5) is 14.5 Å². The molecule has 0 amide bonds. The Hall–Kier alpha value is -1.32. The fourth-order valence-electron chi connectivity index (χ4n) is 1.92. The van der Waals surface area contributed by atoms with Crippen LogP contribution >= 0.6 is 23.2 Å². The number of halogens is 4. The van der Waals surface area contributed by atoms with Crippen LogP contribution in [0.15, 0.2) is 30.3 Å². The predicted molar refractivity (Wildman–Crippen MR) is 79.6 cm³/mol. The van der Waals surface area contributed by atoms with Crippen molar-refractivity contribution in [3.8, 4) is 0 Å². The van der Waals surface area contributed by atoms with E-state index in [9.17, 15) is 8.78 Å². The highest BCUT2D eigenvalue weighted by molar-refractivity contribution is 6.39. The molecule has 5 heteroatoms. The van der Waals surface area contributed by atoms with E-state index in [1.54, 1.807) is 25.1 Å². The van der Waals surface area contributed by atoms with Gasteiger partial charge >= 0.3 is 0 Å². The third-order valence-corrected chi connectivity index (χ3v) is 3.70. The maximum Gasteiger partial charge on any atom is 0.128 e. The summed E-state index contributed by atoms with van der Waals surface area (Å²) in [5.74, 6) is -0.910. The number of para-hydroxylation sites is 1. The molecule has 0 fully saturated rings. The topological polar surface area (TPSA) is 12.0 Å². The lowest BCUT2D eigenvalue weighted by atomic mass is 10.0. The maximum atomic E-state index is 13.9. The Balaban J connectivity index is 2.33. The van der Waals surface area contributed by atoms with Crippen LogP contribution in [0.2, 0.25) is 10.0 Å². The first-order chi connectivity index (χ1) is 9.40. The van der Waals surface area contributed by atoms with Gasteiger partial charge in [0.15, 0.2) is 0 Å². The van der Waals surface area contributed by atoms with Crippen molar-refractivity contribution in [2.24, 2.45) is 0 Å². The van der Waals surface area contributed by atoms with Gasteiger partial charge in [0.2, 0.25) is 0 Å². The second-order valence-electron chi connectivity index (χ2n) is 4.59. The predicted octanol–water partition coefficient (Wildman–Crippen LogP) is 5.75. The number of rotatable bonds is 3. The molecule has 1 unspecified atom stereocenters. The van der Waals surface area contributed by atoms with E-state index < -0.39 is 17.7 Å². The van der Waals surface area contributed by atoms with Gasteiger partial charge in [-0.15, -0.1) is 0 Å². The summed E-state index contributed by atoms with van der Waals surface area (Å²) in [5, 5.41) is 3.87. The molecule has 1 atom stereocenters. The van der Waals surface area contributed by atoms with Gasteiger partial charge in [-0.1, -0.05) is 29.3 Å². The monoisotopic (exact) mass is 315 g/mol. The van der Waals surface area contributed by atoms with Crippen LogP contribution in [0.5, 0.6) is 0 Å². The number of hydrogen-bond acceptors (Lipinski definition) is 1. The van der Waals surface area contributed by atoms with Crippen molar-refractivity contribution in [3.05, 3.63) is 63.1 Å². The summed E-state index contributed by atoms with van der Waals surface area (Å²) >= 11 is 12.1. The van der Waals surface area contributed by atoms with Crippen molar-refractivity contribution in [2.75, 3.05) is 5.32 Å². The van der Waals surface area contributed by atoms with Crippen molar-refractivity contribution in [1.29, 1.82) is 0 Å². The molecule has 0 heterocycles. The van der Waals surface area contributed by atoms with Crippen molar-refractivity contribution in [2.45, 2.75) is 19.9 Å². The summed E-state index contributed by atoms with van der Waals surface area (Å²) in [6.45, 7) is 3.23. The lowest BCUT2D eigenvalue weighted by molar-refractivity contribution is 0.571. The van der Waals surface area contributed by atoms with Gasteiger partial charge in [-0.25, -0.2) is 8.78 Å². The lowest BCUT2D eigenvalue weighted by Gasteiger charge is -2.19. The van der Waals surface area contributed by atoms with Crippen LogP contribution in [-0.4, -0.2) is 0 Å². The molecule has 1 nitrogen and oxygen atoms in total. The minimum Gasteiger partial charge on any atom is -0.376 e. The van der Waals surface area contributed by atoms with E-state index in [1.807, 2.05) is 0 Å². The average molecular weight is 316 g/mol. The average Bonchev–Trinajstić information content (AvgIpc) is 2.38. The SMILES string of the molecule is Cc1cc(F)c(C(C)Nc2c(Cl)cccc2Cl)cc1F. The van der Waals surface area contributed by atoms with Crippen molar-refractivity contribution in [3.63, 3.8) is 0 Å². The van der Waals surface area contributed by atoms with E-state index in [2.05, 4.69) is 5.32 Å². The highest BCUT2D eigenvalue weighted by atomic mass is 35.5. The van der Waals surface area contributed by atoms with E-state index >= 15 is 0 Å². The van der Waals surface area contributed by atoms with Crippen LogP contribution in [0.25, 0.3) is 0 Å². The van der Waals surface area contributed by atoms with Gasteiger partial charge in [0.05, 0.1) is 21.8 Å². The summed E-state index contributed by atoms with van der Waals surface area (Å²) < 4.78 is 27.5. The van der Waals surface area contributed by atoms with Crippen molar-refractivity contribution >= 4 is 28.9 Å². The summed E-state index contributed by atoms with van der Waals surface area (Å²) in [6, 6.07) is 6.96. The Morgan fingerprint density at radius 3 is 2.25 bits per heavy atom. The van der Waals surface area contributed by atoms with E-state index in [4.69, 9.17) is 23.2 Å². The second-order valence-corrected chi connectivity index (χ2v) is 5.40. The Kier molecular flexibility index (Phi) is 4.51. The van der Waals surface area contributed by atoms with E-state index in [-0.39, 0.29) is 11.1 Å². The Morgan fingerprint density at radius 2 is 1.65 bits per heavy atom. The number of anilines is 1. The molecule has 0 saturated carbocycles. The quantitative estimate of drug-likeness (QED) is 0.760. The molecule has 0 bridgehead atoms. The second kappa shape index (κ2) is 5.98. The van der Waals surface area contributed by atoms with Gasteiger partial charge in [-0.2, -0.15) is 0 Å². The molecule has 1 N–H and O–H groups in total. The van der Waals surface area contributed by atoms with Gasteiger partial charge in [0.1, 0.15) is 11.6 Å². The molecule has 0 saturated heterocycles. The van der Waals surface area contributed by atoms with E-state index in [0.29, 0.717) is 15.7 Å². The number of nitrogens with one attached hydrogen (secondary N) is 1. The molecule has 0 aliphatic carbocycles. The number of hydrogen-bond donors (Lipinski definition) is 1. The van der Waals surface area contributed by atoms with Gasteiger partial charge in [0.25, 0.3) is 0 Å². The summed E-state index contributed by atoms with van der Waals surface area (Å²) in [5.41, 5.74) is 1.00. The third-order valence-electron chi connectivity index (χ3n) is 3.07. The summed E-state index contributed by atoms with van der Waals surface area (Å²) in [7, 11) is 0. The fraction of sp³-hybridized carbons (Fsp3) is 0.200. The number of benzene rings is 2. The molecular formula is C15H13Cl2F2N. The molecule has 2 aromatic rings. The normalized spacial score (nSPS) is 12.3. The highest BCUT2D eigenvalue weighted by Gasteiger charge is 2.16. The summed E-state index contributed by atoms with van der Waals surface area (Å²) in [6.07, 6.45) is 0. The molecule has 106 valence electrons. The van der Waals surface area contributed by atoms with Crippen LogP contribution in [0.3, 0.4) is 0 Å². The van der Waals surface area contributed by atoms with E-state index in [1.165, 1.54) is 19.1 Å². The van der Waals surface area contributed by atoms with Crippen molar-refractivity contribution in [1.82, 2.24) is 0 Å². The maximum absolute atomic E-state index is 13.9. The molecule has 0 radical (unpaired) electrons. The first-order valence-corrected chi connectivity index (χ1v) is 6.82. The zero-order chi connectivity index (χ0) is 14.9. The van der Waals surface area contributed by atoms with Gasteiger partial charge in [-0.3, -0.25) is 0 Å². The fourth-order valence-corrected chi connectivity index (χ4v) is 2.43. The van der Waals surface area contributed by atoms with Crippen LogP contribution in [0, 0.1) is 18.6 Å². The van der Waals surface area contributed by atoms with Crippen LogP contribution in [-0.2, 0) is 0 Å². The minimum absolute atomic E-state index is 0.226. The lowest BCUT2D eigenvalue weighted by Crippen LogP contribution is -2.10. The summed E-state index contributed by atoms with van der Waals surface area (Å²) in [4.78, 5) is 0. The van der Waals surface area contributed by atoms with E-state index in [0.717, 1.165) is 0 Å². The Labute approximate surface area is 126 Å². The van der Waals surface area contributed by atoms with Gasteiger partial charge in [-0.05, 0) is 43.7 Å². The molecule has 20 heavy (non-hydrogen) atoms. The first kappa shape index (κ1) is 15.1. The molecule has 0 spiro atoms. The van der Waals surface area contributed by atoms with Crippen LogP contribution < -0.4 is 5.32 Å². The molecule has 0 aromatic heterocycles. The largest absolute Gasteiger partial charge is 0.376 e. The third kappa shape index (κ3) is 3.05. The minimum atomic E-state index is -0.470. The zero-order valence-corrected chi connectivity index (χ0v) is 12.5. The standard InChI is InChI=1S/C15H13Cl2F2N/c1-8-6-14(19)10(7-13(8)18)9(2)20-15-11(16)4-3-5-12(15)17/h3-7,9,20H,1-2H3. The molecule has 2 aromatic carbocycles. The molecule has 0 aliphatic heterocycles. The first-order valence-electron chi connectivity index (χ1n) is 6.06. The highest BCUT2D eigenvalue weighted by Crippen LogP contribution is 2.33. The zero-order valence-electron chi connectivity index (χ0n) is 11.0. The van der Waals surface area contributed by atoms with Crippen molar-refractivity contribution < 1.29 is 8.78 Å². The molecular weight excluding hydrogens is 303 g/mol.